The van der Waals surface area contributed by atoms with Crippen LogP contribution in [0, 0.1) is 0 Å². The highest BCUT2D eigenvalue weighted by atomic mass is 16.5. The summed E-state index contributed by atoms with van der Waals surface area (Å²) in [6, 6.07) is 13.7. The van der Waals surface area contributed by atoms with Crippen LogP contribution >= 0.6 is 0 Å². The molecule has 0 aliphatic rings. The molecule has 0 heterocycles. The number of ether oxygens (including phenoxy) is 1. The van der Waals surface area contributed by atoms with Crippen LogP contribution in [-0.2, 0) is 0 Å². The molecule has 0 saturated heterocycles. The van der Waals surface area contributed by atoms with Crippen molar-refractivity contribution in [3.8, 4) is 5.75 Å². The molecule has 0 atom stereocenters. The average Bonchev–Trinajstić information content (AvgIpc) is 2.55. The van der Waals surface area contributed by atoms with E-state index in [1.165, 1.54) is 0 Å². The van der Waals surface area contributed by atoms with Gasteiger partial charge in [0.05, 0.1) is 6.61 Å². The van der Waals surface area contributed by atoms with E-state index >= 15 is 0 Å². The van der Waals surface area contributed by atoms with E-state index < -0.39 is 0 Å². The first-order valence-electron chi connectivity index (χ1n) is 7.00. The van der Waals surface area contributed by atoms with Crippen molar-refractivity contribution in [1.29, 1.82) is 0 Å². The molecule has 0 radical (unpaired) electrons. The van der Waals surface area contributed by atoms with Gasteiger partial charge < -0.3 is 15.4 Å². The van der Waals surface area contributed by atoms with Gasteiger partial charge in [-0.25, -0.2) is 0 Å². The van der Waals surface area contributed by atoms with Crippen LogP contribution in [0.2, 0.25) is 0 Å². The zero-order valence-electron chi connectivity index (χ0n) is 12.6. The number of hydrogen-bond acceptors (Lipinski definition) is 3. The number of carbonyl (C=O) groups is 2. The molecule has 0 aliphatic carbocycles. The summed E-state index contributed by atoms with van der Waals surface area (Å²) < 4.78 is 5.38. The minimum atomic E-state index is -0.254. The smallest absolute Gasteiger partial charge is 0.255 e. The molecule has 5 heteroatoms. The lowest BCUT2D eigenvalue weighted by Gasteiger charge is -2.08. The normalized spacial score (nSPS) is 9.91. The molecule has 0 fully saturated rings. The maximum absolute atomic E-state index is 12.3. The van der Waals surface area contributed by atoms with Gasteiger partial charge in [-0.2, -0.15) is 0 Å². The maximum Gasteiger partial charge on any atom is 0.255 e. The quantitative estimate of drug-likeness (QED) is 0.892. The Labute approximate surface area is 129 Å². The predicted octanol–water partition coefficient (Wildman–Crippen LogP) is 2.70. The number of benzene rings is 2. The van der Waals surface area contributed by atoms with Crippen molar-refractivity contribution in [2.24, 2.45) is 0 Å². The van der Waals surface area contributed by atoms with E-state index in [9.17, 15) is 9.59 Å². The molecule has 0 spiro atoms. The van der Waals surface area contributed by atoms with E-state index in [4.69, 9.17) is 4.74 Å². The molecule has 0 aromatic heterocycles. The van der Waals surface area contributed by atoms with Crippen LogP contribution in [0.5, 0.6) is 5.75 Å². The van der Waals surface area contributed by atoms with Gasteiger partial charge in [-0.05, 0) is 43.3 Å². The highest BCUT2D eigenvalue weighted by molar-refractivity contribution is 6.05. The molecule has 5 nitrogen and oxygen atoms in total. The van der Waals surface area contributed by atoms with Crippen LogP contribution in [0.1, 0.15) is 27.6 Å². The lowest BCUT2D eigenvalue weighted by molar-refractivity contribution is 0.0961. The van der Waals surface area contributed by atoms with Gasteiger partial charge in [0.2, 0.25) is 0 Å². The third-order valence-electron chi connectivity index (χ3n) is 3.02. The van der Waals surface area contributed by atoms with Gasteiger partial charge in [-0.1, -0.05) is 12.1 Å². The van der Waals surface area contributed by atoms with Crippen LogP contribution in [0.25, 0.3) is 0 Å². The molecule has 2 aromatic rings. The Morgan fingerprint density at radius 1 is 1.00 bits per heavy atom. The fourth-order valence-electron chi connectivity index (χ4n) is 1.98. The molecular formula is C17H18N2O3. The second-order valence-electron chi connectivity index (χ2n) is 4.57. The first-order valence-corrected chi connectivity index (χ1v) is 7.00. The summed E-state index contributed by atoms with van der Waals surface area (Å²) in [5.74, 6) is 0.194. The molecule has 0 saturated carbocycles. The van der Waals surface area contributed by atoms with Crippen molar-refractivity contribution < 1.29 is 14.3 Å². The largest absolute Gasteiger partial charge is 0.494 e. The minimum Gasteiger partial charge on any atom is -0.494 e. The van der Waals surface area contributed by atoms with E-state index in [-0.39, 0.29) is 11.8 Å². The zero-order chi connectivity index (χ0) is 15.9. The van der Waals surface area contributed by atoms with Gasteiger partial charge >= 0.3 is 0 Å². The number of anilines is 1. The first-order chi connectivity index (χ1) is 10.6. The van der Waals surface area contributed by atoms with Gasteiger partial charge in [0, 0.05) is 23.9 Å². The maximum atomic E-state index is 12.3. The minimum absolute atomic E-state index is 0.200. The summed E-state index contributed by atoms with van der Waals surface area (Å²) in [6.07, 6.45) is 0. The van der Waals surface area contributed by atoms with Crippen LogP contribution in [0.4, 0.5) is 5.69 Å². The fraction of sp³-hybridized carbons (Fsp3) is 0.176. The number of nitrogens with one attached hydrogen (secondary N) is 2. The Bertz CT molecular complexity index is 683. The van der Waals surface area contributed by atoms with E-state index in [0.29, 0.717) is 29.2 Å². The standard InChI is InChI=1S/C17H18N2O3/c1-3-22-15-9-5-7-13(11-15)17(21)19-14-8-4-6-12(10-14)16(20)18-2/h4-11H,3H2,1-2H3,(H,18,20)(H,19,21). The van der Waals surface area contributed by atoms with Gasteiger partial charge in [0.1, 0.15) is 5.75 Å². The molecule has 2 amide bonds. The second-order valence-corrected chi connectivity index (χ2v) is 4.57. The van der Waals surface area contributed by atoms with Crippen molar-refractivity contribution in [3.63, 3.8) is 0 Å². The van der Waals surface area contributed by atoms with Crippen LogP contribution in [-0.4, -0.2) is 25.5 Å². The molecule has 2 aromatic carbocycles. The summed E-state index contributed by atoms with van der Waals surface area (Å²) in [5.41, 5.74) is 1.55. The van der Waals surface area contributed by atoms with Gasteiger partial charge in [0.15, 0.2) is 0 Å². The molecule has 114 valence electrons. The van der Waals surface area contributed by atoms with E-state index in [1.807, 2.05) is 6.92 Å². The summed E-state index contributed by atoms with van der Waals surface area (Å²) >= 11 is 0. The Morgan fingerprint density at radius 3 is 2.36 bits per heavy atom. The second kappa shape index (κ2) is 7.26. The average molecular weight is 298 g/mol. The number of carbonyl (C=O) groups excluding carboxylic acids is 2. The lowest BCUT2D eigenvalue weighted by atomic mass is 10.1. The molecule has 22 heavy (non-hydrogen) atoms. The summed E-state index contributed by atoms with van der Waals surface area (Å²) in [6.45, 7) is 2.43. The third kappa shape index (κ3) is 3.85. The Balaban J connectivity index is 2.15. The number of hydrogen-bond donors (Lipinski definition) is 2. The molecule has 0 bridgehead atoms. The molecule has 0 unspecified atom stereocenters. The lowest BCUT2D eigenvalue weighted by Crippen LogP contribution is -2.18. The Kier molecular flexibility index (Phi) is 5.14. The Morgan fingerprint density at radius 2 is 1.68 bits per heavy atom. The van der Waals surface area contributed by atoms with Gasteiger partial charge in [-0.3, -0.25) is 9.59 Å². The SMILES string of the molecule is CCOc1cccc(C(=O)Nc2cccc(C(=O)NC)c2)c1. The van der Waals surface area contributed by atoms with Crippen LogP contribution in [0.15, 0.2) is 48.5 Å². The van der Waals surface area contributed by atoms with E-state index in [0.717, 1.165) is 0 Å². The van der Waals surface area contributed by atoms with Crippen LogP contribution in [0.3, 0.4) is 0 Å². The zero-order valence-corrected chi connectivity index (χ0v) is 12.6. The van der Waals surface area contributed by atoms with Crippen LogP contribution < -0.4 is 15.4 Å². The highest BCUT2D eigenvalue weighted by Crippen LogP contribution is 2.16. The van der Waals surface area contributed by atoms with E-state index in [2.05, 4.69) is 10.6 Å². The topological polar surface area (TPSA) is 67.4 Å². The monoisotopic (exact) mass is 298 g/mol. The number of amides is 2. The highest BCUT2D eigenvalue weighted by Gasteiger charge is 2.09. The summed E-state index contributed by atoms with van der Waals surface area (Å²) in [4.78, 5) is 23.9. The van der Waals surface area contributed by atoms with Crippen molar-refractivity contribution in [1.82, 2.24) is 5.32 Å². The van der Waals surface area contributed by atoms with Crippen molar-refractivity contribution in [2.75, 3.05) is 19.0 Å². The molecular weight excluding hydrogens is 280 g/mol. The molecule has 0 aliphatic heterocycles. The number of rotatable bonds is 5. The molecule has 2 rings (SSSR count). The van der Waals surface area contributed by atoms with Gasteiger partial charge in [0.25, 0.3) is 11.8 Å². The van der Waals surface area contributed by atoms with E-state index in [1.54, 1.807) is 55.6 Å². The van der Waals surface area contributed by atoms with Crippen molar-refractivity contribution >= 4 is 17.5 Å². The summed E-state index contributed by atoms with van der Waals surface area (Å²) in [7, 11) is 1.56. The predicted molar refractivity (Wildman–Crippen MR) is 85.4 cm³/mol. The van der Waals surface area contributed by atoms with Gasteiger partial charge in [-0.15, -0.1) is 0 Å². The molecule has 2 N–H and O–H groups in total. The van der Waals surface area contributed by atoms with Crippen molar-refractivity contribution in [2.45, 2.75) is 6.92 Å². The van der Waals surface area contributed by atoms with Crippen molar-refractivity contribution in [3.05, 3.63) is 59.7 Å². The first kappa shape index (κ1) is 15.6. The Hall–Kier alpha value is -2.82. The fourth-order valence-corrected chi connectivity index (χ4v) is 1.98. The summed E-state index contributed by atoms with van der Waals surface area (Å²) in [5, 5.41) is 5.32. The third-order valence-corrected chi connectivity index (χ3v) is 3.02.